The lowest BCUT2D eigenvalue weighted by atomic mass is 9.83. The standard InChI is InChI=1S/C35H35ClF3N7O2/c1-19(2)8-27-24(13-40)33(21-4-5-30-31(9-21)48-18-32(47)45(30)17-28-26(37)10-22(36)14-41-28)25-15-42-46(34(25)43-27)29-6-7-44(16-20(29)3)23-11-35(38,39)12-23/h4-5,9-10,14-15,19-20,23,29H,6-8,11-12,16-18H2,1-3H3/t20-,29-/m1/s1. The van der Waals surface area contributed by atoms with Gasteiger partial charge in [-0.05, 0) is 48.4 Å². The molecule has 5 heterocycles. The van der Waals surface area contributed by atoms with Crippen LogP contribution in [0.25, 0.3) is 22.2 Å². The van der Waals surface area contributed by atoms with Crippen molar-refractivity contribution in [3.8, 4) is 22.9 Å². The zero-order valence-electron chi connectivity index (χ0n) is 26.9. The fourth-order valence-corrected chi connectivity index (χ4v) is 7.44. The van der Waals surface area contributed by atoms with Gasteiger partial charge in [0.2, 0.25) is 0 Å². The number of rotatable bonds is 7. The van der Waals surface area contributed by atoms with Crippen LogP contribution in [0.3, 0.4) is 0 Å². The number of amides is 1. The maximum absolute atomic E-state index is 14.6. The molecule has 2 fully saturated rings. The number of ether oxygens (including phenoxy) is 1. The summed E-state index contributed by atoms with van der Waals surface area (Å²) in [6.45, 7) is 7.32. The highest BCUT2D eigenvalue weighted by molar-refractivity contribution is 6.30. The van der Waals surface area contributed by atoms with Gasteiger partial charge in [0.1, 0.15) is 17.6 Å². The third kappa shape index (κ3) is 5.87. The Morgan fingerprint density at radius 2 is 1.98 bits per heavy atom. The molecule has 2 aliphatic heterocycles. The van der Waals surface area contributed by atoms with Gasteiger partial charge >= 0.3 is 0 Å². The second kappa shape index (κ2) is 12.3. The smallest absolute Gasteiger partial charge is 0.265 e. The van der Waals surface area contributed by atoms with Crippen LogP contribution >= 0.6 is 11.6 Å². The van der Waals surface area contributed by atoms with Gasteiger partial charge in [-0.2, -0.15) is 10.4 Å². The number of hydrogen-bond donors (Lipinski definition) is 0. The average molecular weight is 678 g/mol. The Morgan fingerprint density at radius 3 is 2.67 bits per heavy atom. The minimum Gasteiger partial charge on any atom is -0.482 e. The molecule has 0 unspecified atom stereocenters. The minimum atomic E-state index is -2.56. The van der Waals surface area contributed by atoms with Crippen LogP contribution in [0.2, 0.25) is 5.02 Å². The summed E-state index contributed by atoms with van der Waals surface area (Å²) in [6, 6.07) is 8.83. The Bertz CT molecular complexity index is 1950. The molecule has 0 spiro atoms. The van der Waals surface area contributed by atoms with Crippen LogP contribution in [0.1, 0.15) is 63.0 Å². The summed E-state index contributed by atoms with van der Waals surface area (Å²) in [5.74, 6) is -2.74. The van der Waals surface area contributed by atoms with Crippen molar-refractivity contribution in [2.45, 2.75) is 71.0 Å². The van der Waals surface area contributed by atoms with Gasteiger partial charge in [0, 0.05) is 49.1 Å². The van der Waals surface area contributed by atoms with E-state index in [0.717, 1.165) is 12.5 Å². The van der Waals surface area contributed by atoms with E-state index in [2.05, 4.69) is 36.7 Å². The SMILES string of the molecule is CC(C)Cc1nc2c(cnn2[C@@H]2CCN(C3CC(F)(F)C3)C[C@H]2C)c(-c2ccc3c(c2)OCC(=O)N3Cc2ncc(Cl)cc2F)c1C#N. The van der Waals surface area contributed by atoms with Crippen molar-refractivity contribution in [1.29, 1.82) is 5.26 Å². The fourth-order valence-electron chi connectivity index (χ4n) is 7.29. The first-order valence-electron chi connectivity index (χ1n) is 16.2. The highest BCUT2D eigenvalue weighted by atomic mass is 35.5. The number of anilines is 1. The molecule has 3 aromatic heterocycles. The van der Waals surface area contributed by atoms with Crippen molar-refractivity contribution in [3.63, 3.8) is 0 Å². The largest absolute Gasteiger partial charge is 0.482 e. The number of halogens is 4. The number of nitriles is 1. The molecule has 0 bridgehead atoms. The summed E-state index contributed by atoms with van der Waals surface area (Å²) >= 11 is 5.87. The number of piperidine rings is 1. The van der Waals surface area contributed by atoms with E-state index in [1.165, 1.54) is 11.1 Å². The van der Waals surface area contributed by atoms with Crippen LogP contribution in [-0.4, -0.2) is 62.2 Å². The predicted molar refractivity (Wildman–Crippen MR) is 174 cm³/mol. The van der Waals surface area contributed by atoms with Gasteiger partial charge < -0.3 is 4.74 Å². The van der Waals surface area contributed by atoms with Crippen LogP contribution < -0.4 is 9.64 Å². The Morgan fingerprint density at radius 1 is 1.19 bits per heavy atom. The highest BCUT2D eigenvalue weighted by Gasteiger charge is 2.49. The number of benzene rings is 1. The molecule has 1 aromatic carbocycles. The Balaban J connectivity index is 1.27. The molecule has 0 radical (unpaired) electrons. The first kappa shape index (κ1) is 32.3. The van der Waals surface area contributed by atoms with Crippen molar-refractivity contribution >= 4 is 34.2 Å². The maximum atomic E-state index is 14.6. The lowest BCUT2D eigenvalue weighted by molar-refractivity contribution is -0.131. The molecular formula is C35H35ClF3N7O2. The van der Waals surface area contributed by atoms with Gasteiger partial charge in [-0.3, -0.25) is 19.6 Å². The van der Waals surface area contributed by atoms with E-state index in [-0.39, 0.29) is 66.5 Å². The second-order valence-electron chi connectivity index (χ2n) is 13.6. The van der Waals surface area contributed by atoms with Gasteiger partial charge in [0.15, 0.2) is 12.3 Å². The maximum Gasteiger partial charge on any atom is 0.265 e. The van der Waals surface area contributed by atoms with Crippen molar-refractivity contribution in [2.24, 2.45) is 11.8 Å². The number of aromatic nitrogens is 4. The summed E-state index contributed by atoms with van der Waals surface area (Å²) in [4.78, 5) is 25.7. The van der Waals surface area contributed by atoms with E-state index in [1.54, 1.807) is 18.3 Å². The number of pyridine rings is 2. The molecule has 4 aromatic rings. The number of carbonyl (C=O) groups is 1. The highest BCUT2D eigenvalue weighted by Crippen LogP contribution is 2.44. The molecular weight excluding hydrogens is 643 g/mol. The lowest BCUT2D eigenvalue weighted by Gasteiger charge is -2.47. The summed E-state index contributed by atoms with van der Waals surface area (Å²) in [6.07, 6.45) is 4.23. The number of fused-ring (bicyclic) bond motifs is 2. The number of likely N-dealkylation sites (tertiary alicyclic amines) is 1. The molecule has 0 N–H and O–H groups in total. The molecule has 1 saturated carbocycles. The van der Waals surface area contributed by atoms with Gasteiger partial charge in [-0.25, -0.2) is 22.8 Å². The molecule has 2 atom stereocenters. The molecule has 9 nitrogen and oxygen atoms in total. The minimum absolute atomic E-state index is 0.00725. The van der Waals surface area contributed by atoms with Crippen molar-refractivity contribution < 1.29 is 22.7 Å². The Labute approximate surface area is 281 Å². The molecule has 1 amide bonds. The average Bonchev–Trinajstić information content (AvgIpc) is 3.44. The monoisotopic (exact) mass is 677 g/mol. The fraction of sp³-hybridized carbons (Fsp3) is 0.457. The van der Waals surface area contributed by atoms with Crippen molar-refractivity contribution in [2.75, 3.05) is 24.6 Å². The number of alkyl halides is 2. The zero-order chi connectivity index (χ0) is 33.9. The number of hydrogen-bond acceptors (Lipinski definition) is 7. The quantitative estimate of drug-likeness (QED) is 0.208. The van der Waals surface area contributed by atoms with E-state index >= 15 is 0 Å². The van der Waals surface area contributed by atoms with Crippen LogP contribution in [-0.2, 0) is 17.8 Å². The van der Waals surface area contributed by atoms with Crippen LogP contribution in [0.4, 0.5) is 18.9 Å². The molecule has 7 rings (SSSR count). The van der Waals surface area contributed by atoms with Crippen molar-refractivity contribution in [1.82, 2.24) is 24.6 Å². The number of nitrogens with zero attached hydrogens (tertiary/aromatic N) is 7. The normalized spacial score (nSPS) is 21.2. The molecule has 1 aliphatic carbocycles. The summed E-state index contributed by atoms with van der Waals surface area (Å²) in [5, 5.41) is 16.2. The first-order valence-corrected chi connectivity index (χ1v) is 16.6. The van der Waals surface area contributed by atoms with Gasteiger partial charge in [0.25, 0.3) is 11.8 Å². The third-order valence-corrected chi connectivity index (χ3v) is 9.91. The number of carbonyl (C=O) groups excluding carboxylic acids is 1. The van der Waals surface area contributed by atoms with Crippen LogP contribution in [0, 0.1) is 29.0 Å². The second-order valence-corrected chi connectivity index (χ2v) is 14.1. The van der Waals surface area contributed by atoms with E-state index in [1.807, 2.05) is 10.7 Å². The molecule has 3 aliphatic rings. The van der Waals surface area contributed by atoms with Crippen molar-refractivity contribution in [3.05, 3.63) is 64.5 Å². The molecule has 250 valence electrons. The van der Waals surface area contributed by atoms with Crippen LogP contribution in [0.15, 0.2) is 36.7 Å². The zero-order valence-corrected chi connectivity index (χ0v) is 27.6. The summed E-state index contributed by atoms with van der Waals surface area (Å²) in [5.41, 5.74) is 3.67. The predicted octanol–water partition coefficient (Wildman–Crippen LogP) is 6.96. The third-order valence-electron chi connectivity index (χ3n) is 9.71. The Kier molecular flexibility index (Phi) is 8.32. The molecule has 13 heteroatoms. The topological polar surface area (TPSA) is 100 Å². The van der Waals surface area contributed by atoms with E-state index in [0.29, 0.717) is 64.4 Å². The van der Waals surface area contributed by atoms with Crippen LogP contribution in [0.5, 0.6) is 5.75 Å². The summed E-state index contributed by atoms with van der Waals surface area (Å²) in [7, 11) is 0. The molecule has 48 heavy (non-hydrogen) atoms. The van der Waals surface area contributed by atoms with E-state index < -0.39 is 11.7 Å². The van der Waals surface area contributed by atoms with Gasteiger partial charge in [-0.15, -0.1) is 0 Å². The Hall–Kier alpha value is -4.21. The van der Waals surface area contributed by atoms with E-state index in [9.17, 15) is 23.2 Å². The lowest BCUT2D eigenvalue weighted by Crippen LogP contribution is -2.54. The van der Waals surface area contributed by atoms with E-state index in [4.69, 9.17) is 26.4 Å². The first-order chi connectivity index (χ1) is 22.9. The van der Waals surface area contributed by atoms with Gasteiger partial charge in [0.05, 0.1) is 46.4 Å². The van der Waals surface area contributed by atoms with Gasteiger partial charge in [-0.1, -0.05) is 38.4 Å². The molecule has 1 saturated heterocycles. The summed E-state index contributed by atoms with van der Waals surface area (Å²) < 4.78 is 49.7.